The third kappa shape index (κ3) is 3.98. The van der Waals surface area contributed by atoms with Crippen LogP contribution in [0.4, 0.5) is 11.4 Å². The third-order valence-corrected chi connectivity index (χ3v) is 5.38. The quantitative estimate of drug-likeness (QED) is 0.406. The number of fused-ring (bicyclic) bond motifs is 2. The lowest BCUT2D eigenvalue weighted by molar-refractivity contribution is 0.101. The standard InChI is InChI=1S/C24H18ClN3O4/c25-17-7-6-16(26-23(29)15-5-8-21-22(12-15)32-10-9-31-21)13-19(17)28-24(30)20-11-14-3-1-2-4-18(14)27-20/h1-8,11-13,27H,9-10H2,(H,26,29)(H,28,30). The zero-order valence-corrected chi connectivity index (χ0v) is 17.5. The second-order valence-corrected chi connectivity index (χ2v) is 7.64. The molecule has 4 aromatic rings. The average Bonchev–Trinajstić information content (AvgIpc) is 3.25. The molecule has 1 aliphatic rings. The van der Waals surface area contributed by atoms with E-state index in [1.54, 1.807) is 42.5 Å². The summed E-state index contributed by atoms with van der Waals surface area (Å²) in [6.07, 6.45) is 0. The smallest absolute Gasteiger partial charge is 0.272 e. The topological polar surface area (TPSA) is 92.5 Å². The number of para-hydroxylation sites is 1. The molecule has 8 heteroatoms. The molecule has 0 atom stereocenters. The monoisotopic (exact) mass is 447 g/mol. The Hall–Kier alpha value is -3.97. The van der Waals surface area contributed by atoms with Gasteiger partial charge in [-0.25, -0.2) is 0 Å². The van der Waals surface area contributed by atoms with E-state index in [1.807, 2.05) is 24.3 Å². The third-order valence-electron chi connectivity index (χ3n) is 5.05. The number of halogens is 1. The van der Waals surface area contributed by atoms with Crippen molar-refractivity contribution in [3.8, 4) is 11.5 Å². The van der Waals surface area contributed by atoms with Gasteiger partial charge in [0.1, 0.15) is 18.9 Å². The van der Waals surface area contributed by atoms with Crippen molar-refractivity contribution in [2.75, 3.05) is 23.8 Å². The molecule has 1 aliphatic heterocycles. The van der Waals surface area contributed by atoms with E-state index in [9.17, 15) is 9.59 Å². The van der Waals surface area contributed by atoms with Crippen molar-refractivity contribution in [2.24, 2.45) is 0 Å². The highest BCUT2D eigenvalue weighted by Gasteiger charge is 2.16. The van der Waals surface area contributed by atoms with Crippen LogP contribution in [0, 0.1) is 0 Å². The molecule has 3 N–H and O–H groups in total. The number of amides is 2. The van der Waals surface area contributed by atoms with Gasteiger partial charge in [-0.1, -0.05) is 29.8 Å². The predicted octanol–water partition coefficient (Wildman–Crippen LogP) is 5.10. The van der Waals surface area contributed by atoms with E-state index >= 15 is 0 Å². The van der Waals surface area contributed by atoms with Gasteiger partial charge < -0.3 is 25.1 Å². The first-order chi connectivity index (χ1) is 15.6. The Morgan fingerprint density at radius 3 is 2.50 bits per heavy atom. The number of anilines is 2. The molecular weight excluding hydrogens is 430 g/mol. The van der Waals surface area contributed by atoms with E-state index in [0.29, 0.717) is 52.4 Å². The number of ether oxygens (including phenoxy) is 2. The molecule has 0 radical (unpaired) electrons. The highest BCUT2D eigenvalue weighted by atomic mass is 35.5. The van der Waals surface area contributed by atoms with Gasteiger partial charge in [0, 0.05) is 22.2 Å². The molecule has 2 heterocycles. The van der Waals surface area contributed by atoms with E-state index in [4.69, 9.17) is 21.1 Å². The van der Waals surface area contributed by atoms with Gasteiger partial charge in [-0.3, -0.25) is 9.59 Å². The van der Waals surface area contributed by atoms with Crippen LogP contribution in [0.5, 0.6) is 11.5 Å². The molecule has 32 heavy (non-hydrogen) atoms. The molecule has 5 rings (SSSR count). The molecule has 0 bridgehead atoms. The second kappa shape index (κ2) is 8.28. The highest BCUT2D eigenvalue weighted by molar-refractivity contribution is 6.34. The van der Waals surface area contributed by atoms with Crippen LogP contribution in [0.15, 0.2) is 66.7 Å². The fraction of sp³-hybridized carbons (Fsp3) is 0.0833. The van der Waals surface area contributed by atoms with E-state index in [1.165, 1.54) is 0 Å². The number of carbonyl (C=O) groups excluding carboxylic acids is 2. The van der Waals surface area contributed by atoms with Gasteiger partial charge in [-0.15, -0.1) is 0 Å². The van der Waals surface area contributed by atoms with Crippen molar-refractivity contribution in [3.63, 3.8) is 0 Å². The first-order valence-electron chi connectivity index (χ1n) is 9.96. The fourth-order valence-electron chi connectivity index (χ4n) is 3.47. The summed E-state index contributed by atoms with van der Waals surface area (Å²) in [6.45, 7) is 0.922. The lowest BCUT2D eigenvalue weighted by atomic mass is 10.1. The molecule has 3 aromatic carbocycles. The number of H-pyrrole nitrogens is 1. The van der Waals surface area contributed by atoms with Gasteiger partial charge in [0.2, 0.25) is 0 Å². The largest absolute Gasteiger partial charge is 0.486 e. The van der Waals surface area contributed by atoms with Crippen LogP contribution in [0.2, 0.25) is 5.02 Å². The zero-order chi connectivity index (χ0) is 22.1. The predicted molar refractivity (Wildman–Crippen MR) is 123 cm³/mol. The summed E-state index contributed by atoms with van der Waals surface area (Å²) < 4.78 is 11.0. The molecule has 2 amide bonds. The van der Waals surface area contributed by atoms with Crippen molar-refractivity contribution in [1.29, 1.82) is 0 Å². The Labute approximate surface area is 188 Å². The molecular formula is C24H18ClN3O4. The summed E-state index contributed by atoms with van der Waals surface area (Å²) in [5.41, 5.74) is 2.57. The molecule has 0 saturated heterocycles. The molecule has 0 spiro atoms. The minimum atomic E-state index is -0.335. The Morgan fingerprint density at radius 1 is 0.844 bits per heavy atom. The van der Waals surface area contributed by atoms with E-state index in [0.717, 1.165) is 10.9 Å². The number of aromatic amines is 1. The number of rotatable bonds is 4. The van der Waals surface area contributed by atoms with Gasteiger partial charge in [-0.2, -0.15) is 0 Å². The van der Waals surface area contributed by atoms with E-state index in [-0.39, 0.29) is 11.8 Å². The summed E-state index contributed by atoms with van der Waals surface area (Å²) in [4.78, 5) is 28.5. The lowest BCUT2D eigenvalue weighted by Crippen LogP contribution is -2.17. The summed E-state index contributed by atoms with van der Waals surface area (Å²) in [6, 6.07) is 19.3. The van der Waals surface area contributed by atoms with Crippen LogP contribution < -0.4 is 20.1 Å². The lowest BCUT2D eigenvalue weighted by Gasteiger charge is -2.18. The summed E-state index contributed by atoms with van der Waals surface area (Å²) in [7, 11) is 0. The molecule has 0 unspecified atom stereocenters. The van der Waals surface area contributed by atoms with Crippen molar-refractivity contribution in [3.05, 3.63) is 83.0 Å². The van der Waals surface area contributed by atoms with Crippen LogP contribution in [0.1, 0.15) is 20.8 Å². The minimum absolute atomic E-state index is 0.322. The number of carbonyl (C=O) groups is 2. The average molecular weight is 448 g/mol. The zero-order valence-electron chi connectivity index (χ0n) is 16.8. The Balaban J connectivity index is 1.33. The number of nitrogens with one attached hydrogen (secondary N) is 3. The highest BCUT2D eigenvalue weighted by Crippen LogP contribution is 2.31. The van der Waals surface area contributed by atoms with Crippen molar-refractivity contribution < 1.29 is 19.1 Å². The second-order valence-electron chi connectivity index (χ2n) is 7.23. The van der Waals surface area contributed by atoms with Crippen LogP contribution in [-0.4, -0.2) is 30.0 Å². The van der Waals surface area contributed by atoms with Crippen LogP contribution in [-0.2, 0) is 0 Å². The molecule has 0 fully saturated rings. The maximum Gasteiger partial charge on any atom is 0.272 e. The van der Waals surface area contributed by atoms with Crippen molar-refractivity contribution >= 4 is 45.7 Å². The molecule has 160 valence electrons. The SMILES string of the molecule is O=C(Nc1ccc(Cl)c(NC(=O)c2cc3ccccc3[nH]2)c1)c1ccc2c(c1)OCCO2. The van der Waals surface area contributed by atoms with Crippen LogP contribution in [0.25, 0.3) is 10.9 Å². The summed E-state index contributed by atoms with van der Waals surface area (Å²) in [5, 5.41) is 6.89. The first-order valence-corrected chi connectivity index (χ1v) is 10.3. The van der Waals surface area contributed by atoms with Crippen LogP contribution in [0.3, 0.4) is 0 Å². The number of benzene rings is 3. The molecule has 0 aliphatic carbocycles. The summed E-state index contributed by atoms with van der Waals surface area (Å²) >= 11 is 6.27. The summed E-state index contributed by atoms with van der Waals surface area (Å²) in [5.74, 6) is 0.489. The van der Waals surface area contributed by atoms with Crippen molar-refractivity contribution in [2.45, 2.75) is 0 Å². The van der Waals surface area contributed by atoms with E-state index < -0.39 is 0 Å². The first kappa shape index (κ1) is 20.0. The number of aromatic nitrogens is 1. The maximum absolute atomic E-state index is 12.7. The molecule has 1 aromatic heterocycles. The van der Waals surface area contributed by atoms with Gasteiger partial charge >= 0.3 is 0 Å². The van der Waals surface area contributed by atoms with E-state index in [2.05, 4.69) is 15.6 Å². The Bertz CT molecular complexity index is 1320. The van der Waals surface area contributed by atoms with Gasteiger partial charge in [0.05, 0.1) is 10.7 Å². The van der Waals surface area contributed by atoms with Gasteiger partial charge in [0.15, 0.2) is 11.5 Å². The normalized spacial score (nSPS) is 12.4. The number of hydrogen-bond donors (Lipinski definition) is 3. The molecule has 7 nitrogen and oxygen atoms in total. The number of hydrogen-bond acceptors (Lipinski definition) is 4. The minimum Gasteiger partial charge on any atom is -0.486 e. The fourth-order valence-corrected chi connectivity index (χ4v) is 3.64. The van der Waals surface area contributed by atoms with Gasteiger partial charge in [-0.05, 0) is 48.5 Å². The molecule has 0 saturated carbocycles. The maximum atomic E-state index is 12.7. The Morgan fingerprint density at radius 2 is 1.66 bits per heavy atom. The van der Waals surface area contributed by atoms with Gasteiger partial charge in [0.25, 0.3) is 11.8 Å². The van der Waals surface area contributed by atoms with Crippen LogP contribution >= 0.6 is 11.6 Å². The van der Waals surface area contributed by atoms with Crippen molar-refractivity contribution in [1.82, 2.24) is 4.98 Å². The Kier molecular flexibility index (Phi) is 5.17.